The van der Waals surface area contributed by atoms with E-state index in [-0.39, 0.29) is 0 Å². The first-order chi connectivity index (χ1) is 6.69. The fourth-order valence-corrected chi connectivity index (χ4v) is 2.27. The van der Waals surface area contributed by atoms with Crippen LogP contribution in [0.25, 0.3) is 0 Å². The average Bonchev–Trinajstić information content (AvgIpc) is 2.51. The lowest BCUT2D eigenvalue weighted by atomic mass is 10.3. The third kappa shape index (κ3) is 2.72. The van der Waals surface area contributed by atoms with Crippen molar-refractivity contribution in [3.63, 3.8) is 0 Å². The van der Waals surface area contributed by atoms with Crippen LogP contribution in [-0.2, 0) is 7.05 Å². The molecule has 1 rings (SSSR count). The van der Waals surface area contributed by atoms with Crippen LogP contribution in [0.15, 0.2) is 5.16 Å². The summed E-state index contributed by atoms with van der Waals surface area (Å²) in [4.78, 5) is 0. The van der Waals surface area contributed by atoms with E-state index >= 15 is 0 Å². The summed E-state index contributed by atoms with van der Waals surface area (Å²) in [5.74, 6) is 2.00. The molecule has 80 valence electrons. The minimum atomic E-state index is 0.553. The summed E-state index contributed by atoms with van der Waals surface area (Å²) >= 11 is 1.75. The largest absolute Gasteiger partial charge is 0.316 e. The van der Waals surface area contributed by atoms with Gasteiger partial charge in [0, 0.05) is 18.8 Å². The van der Waals surface area contributed by atoms with Crippen LogP contribution in [0.5, 0.6) is 0 Å². The Kier molecular flexibility index (Phi) is 4.41. The van der Waals surface area contributed by atoms with Crippen molar-refractivity contribution in [2.24, 2.45) is 7.05 Å². The molecule has 1 unspecified atom stereocenters. The van der Waals surface area contributed by atoms with Crippen molar-refractivity contribution < 1.29 is 0 Å². The van der Waals surface area contributed by atoms with Gasteiger partial charge in [-0.15, -0.1) is 10.2 Å². The fraction of sp³-hybridized carbons (Fsp3) is 0.778. The van der Waals surface area contributed by atoms with Crippen LogP contribution < -0.4 is 5.32 Å². The molecule has 1 N–H and O–H groups in total. The van der Waals surface area contributed by atoms with Gasteiger partial charge in [0.15, 0.2) is 5.16 Å². The highest BCUT2D eigenvalue weighted by molar-refractivity contribution is 7.99. The second kappa shape index (κ2) is 5.36. The first-order valence-corrected chi connectivity index (χ1v) is 5.83. The summed E-state index contributed by atoms with van der Waals surface area (Å²) in [6, 6.07) is 0.553. The maximum absolute atomic E-state index is 4.10. The van der Waals surface area contributed by atoms with Crippen LogP contribution in [0.3, 0.4) is 0 Å². The lowest BCUT2D eigenvalue weighted by molar-refractivity contribution is 0.600. The molecule has 1 atom stereocenters. The van der Waals surface area contributed by atoms with Crippen molar-refractivity contribution in [3.8, 4) is 0 Å². The van der Waals surface area contributed by atoms with Gasteiger partial charge in [0.25, 0.3) is 0 Å². The first-order valence-electron chi connectivity index (χ1n) is 4.85. The average molecular weight is 214 g/mol. The van der Waals surface area contributed by atoms with E-state index in [2.05, 4.69) is 22.4 Å². The van der Waals surface area contributed by atoms with E-state index in [0.29, 0.717) is 6.04 Å². The Morgan fingerprint density at radius 2 is 2.21 bits per heavy atom. The topological polar surface area (TPSA) is 42.7 Å². The van der Waals surface area contributed by atoms with Gasteiger partial charge in [-0.2, -0.15) is 0 Å². The van der Waals surface area contributed by atoms with E-state index in [1.165, 1.54) is 0 Å². The van der Waals surface area contributed by atoms with E-state index in [1.54, 1.807) is 11.8 Å². The van der Waals surface area contributed by atoms with Gasteiger partial charge in [0.2, 0.25) is 0 Å². The fourth-order valence-electron chi connectivity index (χ4n) is 1.09. The molecule has 1 aromatic rings. The van der Waals surface area contributed by atoms with E-state index in [1.807, 2.05) is 25.6 Å². The molecule has 0 spiro atoms. The Hall–Kier alpha value is -0.550. The Balaban J connectivity index is 2.49. The number of rotatable bonds is 5. The quantitative estimate of drug-likeness (QED) is 0.748. The molecule has 0 aliphatic carbocycles. The molecule has 1 heterocycles. The van der Waals surface area contributed by atoms with E-state index < -0.39 is 0 Å². The van der Waals surface area contributed by atoms with E-state index in [4.69, 9.17) is 0 Å². The Morgan fingerprint density at radius 3 is 2.64 bits per heavy atom. The van der Waals surface area contributed by atoms with Crippen LogP contribution in [0.1, 0.15) is 19.2 Å². The van der Waals surface area contributed by atoms with Crippen LogP contribution in [0.2, 0.25) is 0 Å². The minimum absolute atomic E-state index is 0.553. The van der Waals surface area contributed by atoms with Gasteiger partial charge in [-0.05, 0) is 20.4 Å². The Morgan fingerprint density at radius 1 is 1.50 bits per heavy atom. The molecule has 0 fully saturated rings. The molecule has 1 aromatic heterocycles. The predicted octanol–water partition coefficient (Wildman–Crippen LogP) is 1.21. The Bertz CT molecular complexity index is 280. The van der Waals surface area contributed by atoms with Crippen molar-refractivity contribution in [1.29, 1.82) is 0 Å². The molecule has 0 aromatic carbocycles. The number of thioether (sulfide) groups is 1. The standard InChI is InChI=1S/C9H18N4S/c1-5-8(10-3)6-14-9-12-11-7(2)13(9)4/h8,10H,5-6H2,1-4H3. The normalized spacial score (nSPS) is 13.1. The molecule has 0 saturated carbocycles. The van der Waals surface area contributed by atoms with E-state index in [0.717, 1.165) is 23.2 Å². The number of hydrogen-bond donors (Lipinski definition) is 1. The monoisotopic (exact) mass is 214 g/mol. The van der Waals surface area contributed by atoms with Gasteiger partial charge in [-0.1, -0.05) is 18.7 Å². The first kappa shape index (κ1) is 11.5. The molecular formula is C9H18N4S. The van der Waals surface area contributed by atoms with E-state index in [9.17, 15) is 0 Å². The highest BCUT2D eigenvalue weighted by Crippen LogP contribution is 2.16. The number of nitrogens with one attached hydrogen (secondary N) is 1. The summed E-state index contributed by atoms with van der Waals surface area (Å²) in [6.45, 7) is 4.15. The number of nitrogens with zero attached hydrogens (tertiary/aromatic N) is 3. The third-order valence-electron chi connectivity index (χ3n) is 2.37. The summed E-state index contributed by atoms with van der Waals surface area (Å²) in [5.41, 5.74) is 0. The Labute approximate surface area is 89.5 Å². The minimum Gasteiger partial charge on any atom is -0.316 e. The maximum atomic E-state index is 4.10. The second-order valence-electron chi connectivity index (χ2n) is 3.29. The molecular weight excluding hydrogens is 196 g/mol. The lowest BCUT2D eigenvalue weighted by Gasteiger charge is -2.12. The molecule has 0 radical (unpaired) electrons. The summed E-state index contributed by atoms with van der Waals surface area (Å²) in [6.07, 6.45) is 1.14. The van der Waals surface area contributed by atoms with Gasteiger partial charge >= 0.3 is 0 Å². The van der Waals surface area contributed by atoms with Crippen molar-refractivity contribution in [3.05, 3.63) is 5.82 Å². The van der Waals surface area contributed by atoms with Crippen LogP contribution in [0.4, 0.5) is 0 Å². The highest BCUT2D eigenvalue weighted by atomic mass is 32.2. The molecule has 14 heavy (non-hydrogen) atoms. The van der Waals surface area contributed by atoms with Crippen molar-refractivity contribution in [2.45, 2.75) is 31.5 Å². The summed E-state index contributed by atoms with van der Waals surface area (Å²) in [5, 5.41) is 12.4. The molecule has 0 amide bonds. The molecule has 5 heteroatoms. The smallest absolute Gasteiger partial charge is 0.190 e. The third-order valence-corrected chi connectivity index (χ3v) is 3.55. The van der Waals surface area contributed by atoms with Gasteiger partial charge in [0.05, 0.1) is 0 Å². The summed E-state index contributed by atoms with van der Waals surface area (Å²) in [7, 11) is 3.99. The highest BCUT2D eigenvalue weighted by Gasteiger charge is 2.08. The maximum Gasteiger partial charge on any atom is 0.190 e. The number of hydrogen-bond acceptors (Lipinski definition) is 4. The molecule has 0 bridgehead atoms. The van der Waals surface area contributed by atoms with Crippen molar-refractivity contribution in [1.82, 2.24) is 20.1 Å². The van der Waals surface area contributed by atoms with Gasteiger partial charge in [-0.25, -0.2) is 0 Å². The van der Waals surface area contributed by atoms with Crippen LogP contribution in [-0.4, -0.2) is 33.6 Å². The summed E-state index contributed by atoms with van der Waals surface area (Å²) < 4.78 is 2.02. The van der Waals surface area contributed by atoms with Gasteiger partial charge < -0.3 is 9.88 Å². The van der Waals surface area contributed by atoms with Crippen LogP contribution >= 0.6 is 11.8 Å². The molecule has 0 saturated heterocycles. The van der Waals surface area contributed by atoms with Gasteiger partial charge in [0.1, 0.15) is 5.82 Å². The second-order valence-corrected chi connectivity index (χ2v) is 4.28. The van der Waals surface area contributed by atoms with Crippen LogP contribution in [0, 0.1) is 6.92 Å². The molecule has 0 aliphatic heterocycles. The molecule has 0 aliphatic rings. The van der Waals surface area contributed by atoms with Gasteiger partial charge in [-0.3, -0.25) is 0 Å². The zero-order valence-electron chi connectivity index (χ0n) is 9.24. The SMILES string of the molecule is CCC(CSc1nnc(C)n1C)NC. The van der Waals surface area contributed by atoms with Crippen molar-refractivity contribution >= 4 is 11.8 Å². The van der Waals surface area contributed by atoms with Crippen molar-refractivity contribution in [2.75, 3.05) is 12.8 Å². The zero-order valence-corrected chi connectivity index (χ0v) is 10.1. The molecule has 4 nitrogen and oxygen atoms in total. The number of aryl methyl sites for hydroxylation is 1. The lowest BCUT2D eigenvalue weighted by Crippen LogP contribution is -2.26. The zero-order chi connectivity index (χ0) is 10.6. The number of aromatic nitrogens is 3. The predicted molar refractivity (Wildman–Crippen MR) is 59.6 cm³/mol.